The highest BCUT2D eigenvalue weighted by Crippen LogP contribution is 2.31. The van der Waals surface area contributed by atoms with E-state index in [4.69, 9.17) is 16.3 Å². The lowest BCUT2D eigenvalue weighted by Crippen LogP contribution is -2.38. The molecule has 2 rings (SSSR count). The molecule has 1 amide bonds. The van der Waals surface area contributed by atoms with E-state index in [1.165, 1.54) is 6.07 Å². The molecule has 1 aromatic carbocycles. The molecule has 1 heterocycles. The van der Waals surface area contributed by atoms with Crippen molar-refractivity contribution in [3.8, 4) is 0 Å². The summed E-state index contributed by atoms with van der Waals surface area (Å²) in [5.41, 5.74) is 0.466. The van der Waals surface area contributed by atoms with Crippen LogP contribution in [-0.4, -0.2) is 43.7 Å². The first-order valence-corrected chi connectivity index (χ1v) is 9.03. The molecule has 0 aliphatic carbocycles. The molecule has 24 heavy (non-hydrogen) atoms. The Bertz CT molecular complexity index is 516. The fourth-order valence-electron chi connectivity index (χ4n) is 2.97. The lowest BCUT2D eigenvalue weighted by atomic mass is 10.0. The number of amides is 1. The van der Waals surface area contributed by atoms with Gasteiger partial charge in [-0.25, -0.2) is 4.39 Å². The van der Waals surface area contributed by atoms with E-state index >= 15 is 0 Å². The standard InChI is InChI=1S/C18H26ClFN2O2/c1-2-3-11-24-13-17(23)21-12-16(22-9-4-5-10-22)18-14(19)7-6-8-15(18)20/h6-8,16H,2-5,9-13H2,1H3,(H,21,23). The number of nitrogens with zero attached hydrogens (tertiary/aromatic N) is 1. The predicted molar refractivity (Wildman–Crippen MR) is 93.7 cm³/mol. The Morgan fingerprint density at radius 2 is 2.17 bits per heavy atom. The van der Waals surface area contributed by atoms with Crippen molar-refractivity contribution in [2.45, 2.75) is 38.6 Å². The van der Waals surface area contributed by atoms with Crippen molar-refractivity contribution >= 4 is 17.5 Å². The molecule has 134 valence electrons. The first kappa shape index (κ1) is 19.2. The molecule has 1 unspecified atom stereocenters. The summed E-state index contributed by atoms with van der Waals surface area (Å²) in [6.07, 6.45) is 4.13. The molecule has 0 spiro atoms. The molecule has 1 fully saturated rings. The van der Waals surface area contributed by atoms with E-state index in [0.717, 1.165) is 38.8 Å². The maximum Gasteiger partial charge on any atom is 0.246 e. The molecule has 4 nitrogen and oxygen atoms in total. The Hall–Kier alpha value is -1.17. The topological polar surface area (TPSA) is 41.6 Å². The van der Waals surface area contributed by atoms with Gasteiger partial charge in [-0.2, -0.15) is 0 Å². The lowest BCUT2D eigenvalue weighted by Gasteiger charge is -2.29. The fourth-order valence-corrected chi connectivity index (χ4v) is 3.26. The van der Waals surface area contributed by atoms with E-state index < -0.39 is 0 Å². The maximum atomic E-state index is 14.3. The van der Waals surface area contributed by atoms with Gasteiger partial charge in [-0.3, -0.25) is 9.69 Å². The van der Waals surface area contributed by atoms with Crippen LogP contribution in [0.2, 0.25) is 5.02 Å². The minimum absolute atomic E-state index is 0.0394. The molecule has 1 atom stereocenters. The largest absolute Gasteiger partial charge is 0.372 e. The number of carbonyl (C=O) groups excluding carboxylic acids is 1. The summed E-state index contributed by atoms with van der Waals surface area (Å²) in [4.78, 5) is 14.1. The van der Waals surface area contributed by atoms with E-state index in [2.05, 4.69) is 17.1 Å². The van der Waals surface area contributed by atoms with E-state index in [0.29, 0.717) is 23.7 Å². The van der Waals surface area contributed by atoms with Gasteiger partial charge in [0.2, 0.25) is 5.91 Å². The summed E-state index contributed by atoms with van der Waals surface area (Å²) in [5.74, 6) is -0.504. The SMILES string of the molecule is CCCCOCC(=O)NCC(c1c(F)cccc1Cl)N1CCCC1. The third-order valence-corrected chi connectivity index (χ3v) is 4.61. The van der Waals surface area contributed by atoms with Crippen LogP contribution in [0.25, 0.3) is 0 Å². The third kappa shape index (κ3) is 5.43. The minimum atomic E-state index is -0.326. The monoisotopic (exact) mass is 356 g/mol. The number of benzene rings is 1. The molecule has 1 aromatic rings. The first-order valence-electron chi connectivity index (χ1n) is 8.66. The molecule has 0 bridgehead atoms. The summed E-state index contributed by atoms with van der Waals surface area (Å²) in [6, 6.07) is 4.46. The van der Waals surface area contributed by atoms with E-state index in [9.17, 15) is 9.18 Å². The number of carbonyl (C=O) groups is 1. The Balaban J connectivity index is 1.98. The van der Waals surface area contributed by atoms with Gasteiger partial charge in [-0.15, -0.1) is 0 Å². The van der Waals surface area contributed by atoms with Crippen LogP contribution in [-0.2, 0) is 9.53 Å². The van der Waals surface area contributed by atoms with Crippen molar-refractivity contribution < 1.29 is 13.9 Å². The number of hydrogen-bond donors (Lipinski definition) is 1. The highest BCUT2D eigenvalue weighted by atomic mass is 35.5. The minimum Gasteiger partial charge on any atom is -0.372 e. The van der Waals surface area contributed by atoms with Crippen molar-refractivity contribution in [1.82, 2.24) is 10.2 Å². The zero-order valence-electron chi connectivity index (χ0n) is 14.2. The third-order valence-electron chi connectivity index (χ3n) is 4.28. The fraction of sp³-hybridized carbons (Fsp3) is 0.611. The average molecular weight is 357 g/mol. The van der Waals surface area contributed by atoms with Gasteiger partial charge < -0.3 is 10.1 Å². The number of nitrogens with one attached hydrogen (secondary N) is 1. The van der Waals surface area contributed by atoms with E-state index in [1.807, 2.05) is 0 Å². The first-order chi connectivity index (χ1) is 11.6. The zero-order valence-corrected chi connectivity index (χ0v) is 14.9. The van der Waals surface area contributed by atoms with Crippen molar-refractivity contribution in [1.29, 1.82) is 0 Å². The van der Waals surface area contributed by atoms with Gasteiger partial charge in [0.1, 0.15) is 12.4 Å². The van der Waals surface area contributed by atoms with Crippen LogP contribution in [0.15, 0.2) is 18.2 Å². The molecule has 1 aliphatic rings. The van der Waals surface area contributed by atoms with Crippen molar-refractivity contribution in [2.24, 2.45) is 0 Å². The van der Waals surface area contributed by atoms with Gasteiger partial charge in [-0.1, -0.05) is 31.0 Å². The molecule has 1 saturated heterocycles. The summed E-state index contributed by atoms with van der Waals surface area (Å²) >= 11 is 6.23. The normalized spacial score (nSPS) is 16.3. The van der Waals surface area contributed by atoms with E-state index in [1.54, 1.807) is 12.1 Å². The molecule has 6 heteroatoms. The smallest absolute Gasteiger partial charge is 0.246 e. The van der Waals surface area contributed by atoms with Gasteiger partial charge in [0.15, 0.2) is 0 Å². The second kappa shape index (κ2) is 9.97. The highest BCUT2D eigenvalue weighted by Gasteiger charge is 2.28. The molecule has 1 N–H and O–H groups in total. The number of likely N-dealkylation sites (tertiary alicyclic amines) is 1. The predicted octanol–water partition coefficient (Wildman–Crippen LogP) is 3.55. The number of hydrogen-bond acceptors (Lipinski definition) is 3. The van der Waals surface area contributed by atoms with Crippen LogP contribution in [0.4, 0.5) is 4.39 Å². The van der Waals surface area contributed by atoms with Crippen molar-refractivity contribution in [3.05, 3.63) is 34.6 Å². The van der Waals surface area contributed by atoms with Gasteiger partial charge in [0.25, 0.3) is 0 Å². The number of ether oxygens (including phenoxy) is 1. The van der Waals surface area contributed by atoms with Gasteiger partial charge >= 0.3 is 0 Å². The summed E-state index contributed by atoms with van der Waals surface area (Å²) < 4.78 is 19.6. The van der Waals surface area contributed by atoms with Crippen LogP contribution in [0.5, 0.6) is 0 Å². The zero-order chi connectivity index (χ0) is 17.4. The molecule has 0 aromatic heterocycles. The van der Waals surface area contributed by atoms with Crippen molar-refractivity contribution in [2.75, 3.05) is 32.8 Å². The molecule has 1 aliphatic heterocycles. The number of rotatable bonds is 9. The number of halogens is 2. The Labute approximate surface area is 148 Å². The van der Waals surface area contributed by atoms with Crippen LogP contribution in [0.1, 0.15) is 44.2 Å². The second-order valence-electron chi connectivity index (χ2n) is 6.10. The quantitative estimate of drug-likeness (QED) is 0.688. The Morgan fingerprint density at radius 3 is 2.83 bits per heavy atom. The summed E-state index contributed by atoms with van der Waals surface area (Å²) in [5, 5.41) is 3.26. The Kier molecular flexibility index (Phi) is 7.95. The van der Waals surface area contributed by atoms with Crippen molar-refractivity contribution in [3.63, 3.8) is 0 Å². The summed E-state index contributed by atoms with van der Waals surface area (Å²) in [6.45, 7) is 4.80. The Morgan fingerprint density at radius 1 is 1.42 bits per heavy atom. The summed E-state index contributed by atoms with van der Waals surface area (Å²) in [7, 11) is 0. The van der Waals surface area contributed by atoms with Gasteiger partial charge in [0, 0.05) is 23.7 Å². The number of unbranched alkanes of at least 4 members (excludes halogenated alkanes) is 1. The highest BCUT2D eigenvalue weighted by molar-refractivity contribution is 6.31. The average Bonchev–Trinajstić information content (AvgIpc) is 3.08. The van der Waals surface area contributed by atoms with Crippen LogP contribution < -0.4 is 5.32 Å². The van der Waals surface area contributed by atoms with Crippen LogP contribution in [0, 0.1) is 5.82 Å². The van der Waals surface area contributed by atoms with E-state index in [-0.39, 0.29) is 24.4 Å². The molecular weight excluding hydrogens is 331 g/mol. The molecule has 0 saturated carbocycles. The second-order valence-corrected chi connectivity index (χ2v) is 6.51. The van der Waals surface area contributed by atoms with Gasteiger partial charge in [-0.05, 0) is 44.5 Å². The lowest BCUT2D eigenvalue weighted by molar-refractivity contribution is -0.126. The van der Waals surface area contributed by atoms with Gasteiger partial charge in [0.05, 0.1) is 6.04 Å². The molecule has 0 radical (unpaired) electrons. The maximum absolute atomic E-state index is 14.3. The van der Waals surface area contributed by atoms with Crippen LogP contribution >= 0.6 is 11.6 Å². The molecular formula is C18H26ClFN2O2. The van der Waals surface area contributed by atoms with Crippen LogP contribution in [0.3, 0.4) is 0 Å².